The van der Waals surface area contributed by atoms with Crippen LogP contribution >= 0.6 is 22.9 Å². The maximum absolute atomic E-state index is 6.01. The average Bonchev–Trinajstić information content (AvgIpc) is 2.87. The summed E-state index contributed by atoms with van der Waals surface area (Å²) in [6, 6.07) is 4.15. The van der Waals surface area contributed by atoms with Crippen molar-refractivity contribution in [3.8, 4) is 0 Å². The Morgan fingerprint density at radius 3 is 2.88 bits per heavy atom. The molecule has 1 aliphatic rings. The Hall–Kier alpha value is -0.0500. The van der Waals surface area contributed by atoms with Crippen molar-refractivity contribution in [3.05, 3.63) is 21.3 Å². The molecule has 0 spiro atoms. The monoisotopic (exact) mass is 257 g/mol. The molecule has 0 saturated heterocycles. The standard InChI is InChI=1S/C13H20ClNS/c1-2-10-5-6-13(7-10,9-15)8-11-3-4-12(14)16-11/h3-4,10H,2,5-9,15H2,1H3. The lowest BCUT2D eigenvalue weighted by atomic mass is 9.81. The number of halogens is 1. The van der Waals surface area contributed by atoms with Crippen LogP contribution in [0.25, 0.3) is 0 Å². The second-order valence-electron chi connectivity index (χ2n) is 5.10. The van der Waals surface area contributed by atoms with Crippen molar-refractivity contribution < 1.29 is 0 Å². The highest BCUT2D eigenvalue weighted by Crippen LogP contribution is 2.45. The Kier molecular flexibility index (Phi) is 3.93. The minimum absolute atomic E-state index is 0.356. The molecule has 0 amide bonds. The number of nitrogens with two attached hydrogens (primary N) is 1. The maximum Gasteiger partial charge on any atom is 0.0931 e. The van der Waals surface area contributed by atoms with Crippen molar-refractivity contribution in [2.75, 3.05) is 6.54 Å². The molecule has 1 heterocycles. The lowest BCUT2D eigenvalue weighted by molar-refractivity contribution is 0.293. The molecular formula is C13H20ClNS. The summed E-state index contributed by atoms with van der Waals surface area (Å²) in [5.74, 6) is 0.888. The van der Waals surface area contributed by atoms with E-state index in [1.165, 1.54) is 30.6 Å². The molecule has 0 radical (unpaired) electrons. The molecule has 3 heteroatoms. The minimum atomic E-state index is 0.356. The number of hydrogen-bond donors (Lipinski definition) is 1. The van der Waals surface area contributed by atoms with Crippen molar-refractivity contribution in [3.63, 3.8) is 0 Å². The molecule has 2 rings (SSSR count). The highest BCUT2D eigenvalue weighted by molar-refractivity contribution is 7.16. The van der Waals surface area contributed by atoms with Crippen LogP contribution in [0.4, 0.5) is 0 Å². The fraction of sp³-hybridized carbons (Fsp3) is 0.692. The molecule has 0 aliphatic heterocycles. The van der Waals surface area contributed by atoms with Crippen molar-refractivity contribution >= 4 is 22.9 Å². The minimum Gasteiger partial charge on any atom is -0.330 e. The predicted molar refractivity (Wildman–Crippen MR) is 72.2 cm³/mol. The van der Waals surface area contributed by atoms with E-state index in [-0.39, 0.29) is 0 Å². The molecule has 2 atom stereocenters. The van der Waals surface area contributed by atoms with Crippen LogP contribution < -0.4 is 5.73 Å². The summed E-state index contributed by atoms with van der Waals surface area (Å²) in [5.41, 5.74) is 6.37. The number of hydrogen-bond acceptors (Lipinski definition) is 2. The molecule has 1 saturated carbocycles. The Balaban J connectivity index is 2.06. The highest BCUT2D eigenvalue weighted by atomic mass is 35.5. The van der Waals surface area contributed by atoms with Crippen LogP contribution in [0.15, 0.2) is 12.1 Å². The molecular weight excluding hydrogens is 238 g/mol. The largest absolute Gasteiger partial charge is 0.330 e. The van der Waals surface area contributed by atoms with Crippen LogP contribution in [0.3, 0.4) is 0 Å². The summed E-state index contributed by atoms with van der Waals surface area (Å²) < 4.78 is 0.896. The zero-order valence-electron chi connectivity index (χ0n) is 9.84. The fourth-order valence-electron chi connectivity index (χ4n) is 2.91. The van der Waals surface area contributed by atoms with Gasteiger partial charge in [0, 0.05) is 4.88 Å². The fourth-order valence-corrected chi connectivity index (χ4v) is 4.17. The van der Waals surface area contributed by atoms with Gasteiger partial charge in [-0.3, -0.25) is 0 Å². The van der Waals surface area contributed by atoms with E-state index >= 15 is 0 Å². The summed E-state index contributed by atoms with van der Waals surface area (Å²) in [5, 5.41) is 0. The van der Waals surface area contributed by atoms with E-state index in [1.807, 2.05) is 6.07 Å². The third kappa shape index (κ3) is 2.61. The first kappa shape index (κ1) is 12.4. The van der Waals surface area contributed by atoms with Crippen molar-refractivity contribution in [1.29, 1.82) is 0 Å². The summed E-state index contributed by atoms with van der Waals surface area (Å²) >= 11 is 7.68. The van der Waals surface area contributed by atoms with Gasteiger partial charge in [-0.2, -0.15) is 0 Å². The zero-order chi connectivity index (χ0) is 11.6. The van der Waals surface area contributed by atoms with E-state index in [0.29, 0.717) is 5.41 Å². The second kappa shape index (κ2) is 5.07. The quantitative estimate of drug-likeness (QED) is 0.864. The van der Waals surface area contributed by atoms with Gasteiger partial charge in [-0.1, -0.05) is 24.9 Å². The predicted octanol–water partition coefficient (Wildman–Crippen LogP) is 4.10. The molecule has 1 aromatic heterocycles. The van der Waals surface area contributed by atoms with Crippen LogP contribution in [0, 0.1) is 11.3 Å². The van der Waals surface area contributed by atoms with E-state index < -0.39 is 0 Å². The number of rotatable bonds is 4. The van der Waals surface area contributed by atoms with Gasteiger partial charge in [0.25, 0.3) is 0 Å². The topological polar surface area (TPSA) is 26.0 Å². The Bertz CT molecular complexity index is 349. The van der Waals surface area contributed by atoms with Gasteiger partial charge in [-0.05, 0) is 55.7 Å². The van der Waals surface area contributed by atoms with Crippen LogP contribution in [-0.4, -0.2) is 6.54 Å². The van der Waals surface area contributed by atoms with E-state index in [0.717, 1.165) is 23.2 Å². The summed E-state index contributed by atoms with van der Waals surface area (Å²) in [6.45, 7) is 3.11. The van der Waals surface area contributed by atoms with Gasteiger partial charge in [-0.15, -0.1) is 11.3 Å². The van der Waals surface area contributed by atoms with Crippen LogP contribution in [0.2, 0.25) is 4.34 Å². The third-order valence-electron chi connectivity index (χ3n) is 3.99. The van der Waals surface area contributed by atoms with E-state index in [9.17, 15) is 0 Å². The Labute approximate surface area is 107 Å². The first-order valence-corrected chi connectivity index (χ1v) is 7.31. The molecule has 1 aromatic rings. The third-order valence-corrected chi connectivity index (χ3v) is 5.22. The SMILES string of the molecule is CCC1CCC(CN)(Cc2ccc(Cl)s2)C1. The smallest absolute Gasteiger partial charge is 0.0931 e. The molecule has 0 aromatic carbocycles. The maximum atomic E-state index is 6.01. The van der Waals surface area contributed by atoms with Gasteiger partial charge >= 0.3 is 0 Å². The summed E-state index contributed by atoms with van der Waals surface area (Å²) in [4.78, 5) is 1.40. The first-order chi connectivity index (χ1) is 7.67. The molecule has 1 nitrogen and oxygen atoms in total. The van der Waals surface area contributed by atoms with Crippen LogP contribution in [0.1, 0.15) is 37.5 Å². The van der Waals surface area contributed by atoms with Crippen molar-refractivity contribution in [2.45, 2.75) is 39.0 Å². The molecule has 90 valence electrons. The Morgan fingerprint density at radius 2 is 2.38 bits per heavy atom. The zero-order valence-corrected chi connectivity index (χ0v) is 11.4. The lowest BCUT2D eigenvalue weighted by Crippen LogP contribution is -2.30. The summed E-state index contributed by atoms with van der Waals surface area (Å²) in [6.07, 6.45) is 6.37. The molecule has 0 bridgehead atoms. The van der Waals surface area contributed by atoms with E-state index in [4.69, 9.17) is 17.3 Å². The van der Waals surface area contributed by atoms with Crippen LogP contribution in [0.5, 0.6) is 0 Å². The van der Waals surface area contributed by atoms with Gasteiger partial charge in [0.15, 0.2) is 0 Å². The average molecular weight is 258 g/mol. The molecule has 2 unspecified atom stereocenters. The normalized spacial score (nSPS) is 29.8. The van der Waals surface area contributed by atoms with Gasteiger partial charge in [0.2, 0.25) is 0 Å². The summed E-state index contributed by atoms with van der Waals surface area (Å²) in [7, 11) is 0. The van der Waals surface area contributed by atoms with Gasteiger partial charge in [-0.25, -0.2) is 0 Å². The van der Waals surface area contributed by atoms with E-state index in [2.05, 4.69) is 13.0 Å². The van der Waals surface area contributed by atoms with Crippen molar-refractivity contribution in [1.82, 2.24) is 0 Å². The van der Waals surface area contributed by atoms with Gasteiger partial charge in [0.05, 0.1) is 4.34 Å². The van der Waals surface area contributed by atoms with Gasteiger partial charge < -0.3 is 5.73 Å². The first-order valence-electron chi connectivity index (χ1n) is 6.12. The van der Waals surface area contributed by atoms with Crippen LogP contribution in [-0.2, 0) is 6.42 Å². The Morgan fingerprint density at radius 1 is 1.56 bits per heavy atom. The number of thiophene rings is 1. The molecule has 1 fully saturated rings. The van der Waals surface area contributed by atoms with E-state index in [1.54, 1.807) is 11.3 Å². The van der Waals surface area contributed by atoms with Crippen molar-refractivity contribution in [2.24, 2.45) is 17.1 Å². The molecule has 1 aliphatic carbocycles. The highest BCUT2D eigenvalue weighted by Gasteiger charge is 2.37. The molecule has 16 heavy (non-hydrogen) atoms. The second-order valence-corrected chi connectivity index (χ2v) is 6.90. The van der Waals surface area contributed by atoms with Gasteiger partial charge in [0.1, 0.15) is 0 Å². The molecule has 2 N–H and O–H groups in total. The lowest BCUT2D eigenvalue weighted by Gasteiger charge is -2.27.